The van der Waals surface area contributed by atoms with E-state index in [2.05, 4.69) is 5.32 Å². The molecule has 0 aliphatic rings. The summed E-state index contributed by atoms with van der Waals surface area (Å²) in [4.78, 5) is 23.8. The second-order valence-electron chi connectivity index (χ2n) is 9.63. The second-order valence-corrected chi connectivity index (χ2v) is 9.63. The van der Waals surface area contributed by atoms with Gasteiger partial charge in [0, 0.05) is 58.2 Å². The smallest absolute Gasteiger partial charge is 0.244 e. The van der Waals surface area contributed by atoms with E-state index in [1.165, 1.54) is 12.2 Å². The van der Waals surface area contributed by atoms with Gasteiger partial charge >= 0.3 is 0 Å². The molecule has 2 atom stereocenters. The molecule has 0 aliphatic carbocycles. The quantitative estimate of drug-likeness (QED) is 0.131. The number of nitrogens with two attached hydrogens (primary N) is 1. The lowest BCUT2D eigenvalue weighted by Crippen LogP contribution is -2.32. The van der Waals surface area contributed by atoms with Crippen molar-refractivity contribution >= 4 is 11.7 Å². The fraction of sp³-hybridized carbons (Fsp3) is 0.857. The maximum atomic E-state index is 12.0. The number of amides is 1. The van der Waals surface area contributed by atoms with Crippen molar-refractivity contribution in [1.29, 1.82) is 0 Å². The van der Waals surface area contributed by atoms with Crippen molar-refractivity contribution in [2.75, 3.05) is 46.2 Å². The fourth-order valence-electron chi connectivity index (χ4n) is 3.37. The third-order valence-corrected chi connectivity index (χ3v) is 5.49. The van der Waals surface area contributed by atoms with E-state index in [9.17, 15) is 9.59 Å². The van der Waals surface area contributed by atoms with Crippen LogP contribution in [0.15, 0.2) is 12.2 Å². The monoisotopic (exact) mass is 514 g/mol. The Hall–Kier alpha value is -1.32. The van der Waals surface area contributed by atoms with Crippen molar-refractivity contribution in [2.24, 2.45) is 5.73 Å². The van der Waals surface area contributed by atoms with E-state index < -0.39 is 0 Å². The molecule has 0 radical (unpaired) electrons. The molecule has 0 saturated heterocycles. The van der Waals surface area contributed by atoms with Crippen molar-refractivity contribution < 1.29 is 28.5 Å². The van der Waals surface area contributed by atoms with Gasteiger partial charge in [0.2, 0.25) is 5.91 Å². The first-order valence-corrected chi connectivity index (χ1v) is 13.9. The summed E-state index contributed by atoms with van der Waals surface area (Å²) in [6.45, 7) is 13.0. The van der Waals surface area contributed by atoms with Crippen LogP contribution in [0.1, 0.15) is 91.9 Å². The summed E-state index contributed by atoms with van der Waals surface area (Å²) < 4.78 is 22.5. The SMILES string of the molecule is CC(CCC(C)OCCCOCCCOCCCOC(C)C)NC(=O)/C=C/C(=O)CCCCCCN. The second kappa shape index (κ2) is 25.3. The largest absolute Gasteiger partial charge is 0.381 e. The van der Waals surface area contributed by atoms with Crippen LogP contribution in [0.3, 0.4) is 0 Å². The van der Waals surface area contributed by atoms with E-state index in [0.29, 0.717) is 39.4 Å². The number of rotatable bonds is 26. The Balaban J connectivity index is 3.59. The first kappa shape index (κ1) is 34.7. The lowest BCUT2D eigenvalue weighted by atomic mass is 10.1. The molecule has 2 unspecified atom stereocenters. The Morgan fingerprint density at radius 2 is 1.31 bits per heavy atom. The number of ketones is 1. The maximum Gasteiger partial charge on any atom is 0.244 e. The third kappa shape index (κ3) is 25.8. The molecule has 8 nitrogen and oxygen atoms in total. The van der Waals surface area contributed by atoms with E-state index in [1.807, 2.05) is 27.7 Å². The van der Waals surface area contributed by atoms with Crippen LogP contribution in [0.5, 0.6) is 0 Å². The van der Waals surface area contributed by atoms with Crippen molar-refractivity contribution in [2.45, 2.75) is 110 Å². The molecule has 0 heterocycles. The summed E-state index contributed by atoms with van der Waals surface area (Å²) >= 11 is 0. The summed E-state index contributed by atoms with van der Waals surface area (Å²) in [6.07, 6.45) is 11.8. The Kier molecular flexibility index (Phi) is 24.4. The lowest BCUT2D eigenvalue weighted by Gasteiger charge is -2.17. The molecule has 0 aliphatic heterocycles. The molecule has 0 bridgehead atoms. The van der Waals surface area contributed by atoms with Gasteiger partial charge in [0.25, 0.3) is 0 Å². The molecule has 0 fully saturated rings. The summed E-state index contributed by atoms with van der Waals surface area (Å²) in [7, 11) is 0. The highest BCUT2D eigenvalue weighted by molar-refractivity contribution is 5.97. The van der Waals surface area contributed by atoms with Gasteiger partial charge in [-0.1, -0.05) is 12.8 Å². The normalized spacial score (nSPS) is 13.4. The first-order chi connectivity index (χ1) is 17.3. The average Bonchev–Trinajstić information content (AvgIpc) is 2.84. The molecule has 36 heavy (non-hydrogen) atoms. The number of carbonyl (C=O) groups excluding carboxylic acids is 2. The van der Waals surface area contributed by atoms with Crippen molar-refractivity contribution in [3.05, 3.63) is 12.2 Å². The van der Waals surface area contributed by atoms with Gasteiger partial charge in [0.05, 0.1) is 12.2 Å². The minimum Gasteiger partial charge on any atom is -0.381 e. The highest BCUT2D eigenvalue weighted by atomic mass is 16.5. The van der Waals surface area contributed by atoms with Crippen LogP contribution in [-0.4, -0.2) is 76.1 Å². The zero-order valence-electron chi connectivity index (χ0n) is 23.4. The topological polar surface area (TPSA) is 109 Å². The minimum absolute atomic E-state index is 0.00653. The number of unbranched alkanes of at least 4 members (excludes halogenated alkanes) is 3. The fourth-order valence-corrected chi connectivity index (χ4v) is 3.37. The Bertz CT molecular complexity index is 556. The number of carbonyl (C=O) groups is 2. The molecular weight excluding hydrogens is 460 g/mol. The predicted octanol–water partition coefficient (Wildman–Crippen LogP) is 4.34. The summed E-state index contributed by atoms with van der Waals surface area (Å²) in [5.74, 6) is -0.233. The Morgan fingerprint density at radius 1 is 0.722 bits per heavy atom. The number of hydrogen-bond acceptors (Lipinski definition) is 7. The molecule has 0 aromatic heterocycles. The average molecular weight is 515 g/mol. The van der Waals surface area contributed by atoms with E-state index in [-0.39, 0.29) is 29.9 Å². The summed E-state index contributed by atoms with van der Waals surface area (Å²) in [5.41, 5.74) is 5.46. The van der Waals surface area contributed by atoms with Crippen molar-refractivity contribution in [1.82, 2.24) is 5.32 Å². The van der Waals surface area contributed by atoms with E-state index >= 15 is 0 Å². The van der Waals surface area contributed by atoms with Gasteiger partial charge in [0.1, 0.15) is 0 Å². The van der Waals surface area contributed by atoms with Crippen LogP contribution in [0.25, 0.3) is 0 Å². The van der Waals surface area contributed by atoms with E-state index in [4.69, 9.17) is 24.7 Å². The standard InChI is InChI=1S/C28H54N2O6/c1-24(2)35-22-10-20-33-18-9-19-34-21-11-23-36-26(4)14-13-25(3)30-28(32)16-15-27(31)12-7-5-6-8-17-29/h15-16,24-26H,5-14,17-23,29H2,1-4H3,(H,30,32)/b16-15+. The highest BCUT2D eigenvalue weighted by Crippen LogP contribution is 2.06. The van der Waals surface area contributed by atoms with Crippen LogP contribution >= 0.6 is 0 Å². The van der Waals surface area contributed by atoms with Gasteiger partial charge in [0.15, 0.2) is 5.78 Å². The molecule has 0 aromatic carbocycles. The highest BCUT2D eigenvalue weighted by Gasteiger charge is 2.09. The van der Waals surface area contributed by atoms with Gasteiger partial charge < -0.3 is 30.0 Å². The minimum atomic E-state index is -0.227. The molecule has 8 heteroatoms. The molecule has 0 saturated carbocycles. The predicted molar refractivity (Wildman–Crippen MR) is 145 cm³/mol. The number of allylic oxidation sites excluding steroid dienone is 1. The first-order valence-electron chi connectivity index (χ1n) is 13.9. The van der Waals surface area contributed by atoms with Gasteiger partial charge in [-0.25, -0.2) is 0 Å². The van der Waals surface area contributed by atoms with Crippen molar-refractivity contribution in [3.8, 4) is 0 Å². The van der Waals surface area contributed by atoms with Crippen LogP contribution in [0.4, 0.5) is 0 Å². The van der Waals surface area contributed by atoms with Gasteiger partial charge in [-0.2, -0.15) is 0 Å². The Morgan fingerprint density at radius 3 is 1.92 bits per heavy atom. The summed E-state index contributed by atoms with van der Waals surface area (Å²) in [5, 5.41) is 2.91. The number of nitrogens with one attached hydrogen (secondary N) is 1. The zero-order chi connectivity index (χ0) is 26.9. The molecule has 0 aromatic rings. The van der Waals surface area contributed by atoms with E-state index in [1.54, 1.807) is 0 Å². The van der Waals surface area contributed by atoms with Crippen LogP contribution in [-0.2, 0) is 28.5 Å². The van der Waals surface area contributed by atoms with Gasteiger partial charge in [-0.3, -0.25) is 9.59 Å². The van der Waals surface area contributed by atoms with Crippen LogP contribution < -0.4 is 11.1 Å². The zero-order valence-corrected chi connectivity index (χ0v) is 23.4. The van der Waals surface area contributed by atoms with Gasteiger partial charge in [-0.05, 0) is 85.3 Å². The molecule has 1 amide bonds. The summed E-state index contributed by atoms with van der Waals surface area (Å²) in [6, 6.07) is 0.0212. The Labute approximate surface area is 220 Å². The van der Waals surface area contributed by atoms with E-state index in [0.717, 1.165) is 71.0 Å². The van der Waals surface area contributed by atoms with Crippen LogP contribution in [0.2, 0.25) is 0 Å². The molecule has 0 spiro atoms. The van der Waals surface area contributed by atoms with Crippen LogP contribution in [0, 0.1) is 0 Å². The van der Waals surface area contributed by atoms with Crippen molar-refractivity contribution in [3.63, 3.8) is 0 Å². The number of ether oxygens (including phenoxy) is 4. The molecule has 3 N–H and O–H groups in total. The molecule has 212 valence electrons. The number of hydrogen-bond donors (Lipinski definition) is 2. The third-order valence-electron chi connectivity index (χ3n) is 5.49. The molecule has 0 rings (SSSR count). The maximum absolute atomic E-state index is 12.0. The van der Waals surface area contributed by atoms with Gasteiger partial charge in [-0.15, -0.1) is 0 Å². The lowest BCUT2D eigenvalue weighted by molar-refractivity contribution is -0.118. The molecular formula is C28H54N2O6.